The first-order valence-electron chi connectivity index (χ1n) is 11.5. The van der Waals surface area contributed by atoms with Crippen molar-refractivity contribution in [2.24, 2.45) is 0 Å². The van der Waals surface area contributed by atoms with Gasteiger partial charge in [0.25, 0.3) is 5.91 Å². The summed E-state index contributed by atoms with van der Waals surface area (Å²) >= 11 is 12.7. The molecule has 0 radical (unpaired) electrons. The summed E-state index contributed by atoms with van der Waals surface area (Å²) in [5.74, 6) is 0.511. The number of carbonyl (C=O) groups is 2. The van der Waals surface area contributed by atoms with E-state index in [0.29, 0.717) is 40.2 Å². The smallest absolute Gasteiger partial charge is 0.261 e. The summed E-state index contributed by atoms with van der Waals surface area (Å²) in [5.41, 5.74) is 1.80. The first kappa shape index (κ1) is 27.0. The Bertz CT molecular complexity index is 896. The van der Waals surface area contributed by atoms with Crippen LogP contribution in [0.5, 0.6) is 5.75 Å². The second-order valence-corrected chi connectivity index (χ2v) is 9.12. The number of hydrogen-bond acceptors (Lipinski definition) is 3. The number of halogens is 2. The first-order chi connectivity index (χ1) is 15.8. The topological polar surface area (TPSA) is 58.6 Å². The molecule has 0 saturated heterocycles. The number of carbonyl (C=O) groups excluding carboxylic acids is 2. The highest BCUT2D eigenvalue weighted by molar-refractivity contribution is 6.36. The highest BCUT2D eigenvalue weighted by Gasteiger charge is 2.30. The minimum absolute atomic E-state index is 0.118. The SMILES string of the molecule is CCCCNC(=O)C(CC)N(Cc1c(Cl)cccc1Cl)C(=O)COc1ccc(C(C)C)cc1. The standard InChI is InChI=1S/C26H34Cl2N2O3/c1-5-7-15-29-26(32)24(6-2)30(16-21-22(27)9-8-10-23(21)28)25(31)17-33-20-13-11-19(12-14-20)18(3)4/h8-14,18,24H,5-7,15-17H2,1-4H3,(H,29,32). The van der Waals surface area contributed by atoms with Gasteiger partial charge in [-0.05, 0) is 48.6 Å². The fourth-order valence-corrected chi connectivity index (χ4v) is 3.97. The zero-order valence-electron chi connectivity index (χ0n) is 19.9. The summed E-state index contributed by atoms with van der Waals surface area (Å²) in [4.78, 5) is 27.7. The molecular formula is C26H34Cl2N2O3. The van der Waals surface area contributed by atoms with Crippen molar-refractivity contribution in [3.63, 3.8) is 0 Å². The lowest BCUT2D eigenvalue weighted by molar-refractivity contribution is -0.143. The molecule has 0 bridgehead atoms. The van der Waals surface area contributed by atoms with Crippen molar-refractivity contribution in [2.75, 3.05) is 13.2 Å². The maximum atomic E-state index is 13.3. The molecular weight excluding hydrogens is 459 g/mol. The largest absolute Gasteiger partial charge is 0.484 e. The lowest BCUT2D eigenvalue weighted by Crippen LogP contribution is -2.50. The second-order valence-electron chi connectivity index (χ2n) is 8.30. The minimum atomic E-state index is -0.659. The molecule has 1 N–H and O–H groups in total. The Hall–Kier alpha value is -2.24. The van der Waals surface area contributed by atoms with E-state index in [2.05, 4.69) is 26.1 Å². The summed E-state index contributed by atoms with van der Waals surface area (Å²) in [6, 6.07) is 12.2. The van der Waals surface area contributed by atoms with Crippen LogP contribution in [-0.4, -0.2) is 35.9 Å². The molecule has 0 fully saturated rings. The summed E-state index contributed by atoms with van der Waals surface area (Å²) in [6.07, 6.45) is 2.30. The van der Waals surface area contributed by atoms with Crippen LogP contribution in [0.15, 0.2) is 42.5 Å². The molecule has 5 nitrogen and oxygen atoms in total. The van der Waals surface area contributed by atoms with Gasteiger partial charge in [0.05, 0.1) is 0 Å². The van der Waals surface area contributed by atoms with E-state index in [-0.39, 0.29) is 25.0 Å². The van der Waals surface area contributed by atoms with Gasteiger partial charge in [-0.1, -0.05) is 75.5 Å². The first-order valence-corrected chi connectivity index (χ1v) is 12.3. The summed E-state index contributed by atoms with van der Waals surface area (Å²) in [6.45, 7) is 8.67. The van der Waals surface area contributed by atoms with Crippen LogP contribution < -0.4 is 10.1 Å². The van der Waals surface area contributed by atoms with Crippen molar-refractivity contribution in [1.82, 2.24) is 10.2 Å². The Kier molecular flexibility index (Phi) is 11.0. The molecule has 0 aliphatic carbocycles. The Labute approximate surface area is 207 Å². The van der Waals surface area contributed by atoms with Crippen molar-refractivity contribution in [3.8, 4) is 5.75 Å². The van der Waals surface area contributed by atoms with Gasteiger partial charge in [-0.2, -0.15) is 0 Å². The average molecular weight is 493 g/mol. The van der Waals surface area contributed by atoms with Gasteiger partial charge in [0.15, 0.2) is 6.61 Å². The number of hydrogen-bond donors (Lipinski definition) is 1. The molecule has 0 spiro atoms. The van der Waals surface area contributed by atoms with E-state index in [4.69, 9.17) is 27.9 Å². The van der Waals surface area contributed by atoms with Crippen LogP contribution in [0.4, 0.5) is 0 Å². The van der Waals surface area contributed by atoms with E-state index in [1.54, 1.807) is 18.2 Å². The normalized spacial score (nSPS) is 11.8. The van der Waals surface area contributed by atoms with Gasteiger partial charge < -0.3 is 15.0 Å². The molecule has 2 rings (SSSR count). The number of unbranched alkanes of at least 4 members (excludes halogenated alkanes) is 1. The quantitative estimate of drug-likeness (QED) is 0.357. The van der Waals surface area contributed by atoms with E-state index in [9.17, 15) is 9.59 Å². The number of benzene rings is 2. The Morgan fingerprint density at radius 2 is 1.67 bits per heavy atom. The number of rotatable bonds is 12. The number of nitrogens with zero attached hydrogens (tertiary/aromatic N) is 1. The third-order valence-electron chi connectivity index (χ3n) is 5.51. The van der Waals surface area contributed by atoms with Gasteiger partial charge in [-0.25, -0.2) is 0 Å². The van der Waals surface area contributed by atoms with Gasteiger partial charge in [0, 0.05) is 28.7 Å². The van der Waals surface area contributed by atoms with Crippen LogP contribution in [0.3, 0.4) is 0 Å². The van der Waals surface area contributed by atoms with Gasteiger partial charge in [0.2, 0.25) is 5.91 Å². The summed E-state index contributed by atoms with van der Waals surface area (Å²) in [7, 11) is 0. The summed E-state index contributed by atoms with van der Waals surface area (Å²) < 4.78 is 5.77. The van der Waals surface area contributed by atoms with Crippen LogP contribution in [0.2, 0.25) is 10.0 Å². The third-order valence-corrected chi connectivity index (χ3v) is 6.22. The average Bonchev–Trinajstić information content (AvgIpc) is 2.79. The number of amides is 2. The zero-order chi connectivity index (χ0) is 24.4. The molecule has 0 aliphatic heterocycles. The fourth-order valence-electron chi connectivity index (χ4n) is 3.46. The predicted octanol–water partition coefficient (Wildman–Crippen LogP) is 6.22. The van der Waals surface area contributed by atoms with E-state index in [1.165, 1.54) is 10.5 Å². The molecule has 2 aromatic carbocycles. The van der Waals surface area contributed by atoms with Gasteiger partial charge in [-0.15, -0.1) is 0 Å². The molecule has 7 heteroatoms. The fraction of sp³-hybridized carbons (Fsp3) is 0.462. The van der Waals surface area contributed by atoms with Gasteiger partial charge in [-0.3, -0.25) is 9.59 Å². The van der Waals surface area contributed by atoms with E-state index >= 15 is 0 Å². The maximum absolute atomic E-state index is 13.3. The molecule has 1 atom stereocenters. The molecule has 33 heavy (non-hydrogen) atoms. The maximum Gasteiger partial charge on any atom is 0.261 e. The van der Waals surface area contributed by atoms with Gasteiger partial charge in [0.1, 0.15) is 11.8 Å². The van der Waals surface area contributed by atoms with Crippen LogP contribution in [0.25, 0.3) is 0 Å². The molecule has 2 amide bonds. The zero-order valence-corrected chi connectivity index (χ0v) is 21.4. The van der Waals surface area contributed by atoms with Crippen LogP contribution in [-0.2, 0) is 16.1 Å². The van der Waals surface area contributed by atoms with Crippen molar-refractivity contribution in [3.05, 3.63) is 63.6 Å². The lowest BCUT2D eigenvalue weighted by atomic mass is 10.0. The number of ether oxygens (including phenoxy) is 1. The molecule has 0 aromatic heterocycles. The predicted molar refractivity (Wildman–Crippen MR) is 135 cm³/mol. The minimum Gasteiger partial charge on any atom is -0.484 e. The number of nitrogens with one attached hydrogen (secondary N) is 1. The highest BCUT2D eigenvalue weighted by atomic mass is 35.5. The van der Waals surface area contributed by atoms with Crippen LogP contribution in [0.1, 0.15) is 64.0 Å². The highest BCUT2D eigenvalue weighted by Crippen LogP contribution is 2.27. The Morgan fingerprint density at radius 3 is 2.21 bits per heavy atom. The van der Waals surface area contributed by atoms with Crippen molar-refractivity contribution in [1.29, 1.82) is 0 Å². The monoisotopic (exact) mass is 492 g/mol. The molecule has 2 aromatic rings. The Balaban J connectivity index is 2.22. The van der Waals surface area contributed by atoms with Crippen LogP contribution >= 0.6 is 23.2 Å². The third kappa shape index (κ3) is 7.94. The van der Waals surface area contributed by atoms with Gasteiger partial charge >= 0.3 is 0 Å². The molecule has 1 unspecified atom stereocenters. The Morgan fingerprint density at radius 1 is 1.03 bits per heavy atom. The van der Waals surface area contributed by atoms with Crippen molar-refractivity contribution >= 4 is 35.0 Å². The molecule has 0 saturated carbocycles. The lowest BCUT2D eigenvalue weighted by Gasteiger charge is -2.31. The molecule has 0 aliphatic rings. The van der Waals surface area contributed by atoms with Crippen LogP contribution in [0, 0.1) is 0 Å². The second kappa shape index (κ2) is 13.5. The van der Waals surface area contributed by atoms with Crippen molar-refractivity contribution in [2.45, 2.75) is 65.5 Å². The van der Waals surface area contributed by atoms with E-state index in [0.717, 1.165) is 12.8 Å². The van der Waals surface area contributed by atoms with E-state index in [1.807, 2.05) is 31.2 Å². The van der Waals surface area contributed by atoms with E-state index < -0.39 is 6.04 Å². The van der Waals surface area contributed by atoms with Crippen molar-refractivity contribution < 1.29 is 14.3 Å². The summed E-state index contributed by atoms with van der Waals surface area (Å²) in [5, 5.41) is 3.84. The molecule has 180 valence electrons. The molecule has 0 heterocycles.